The van der Waals surface area contributed by atoms with E-state index in [0.29, 0.717) is 36.9 Å². The first-order chi connectivity index (χ1) is 13.7. The van der Waals surface area contributed by atoms with Crippen molar-refractivity contribution in [3.05, 3.63) is 59.2 Å². The third kappa shape index (κ3) is 3.43. The Balaban J connectivity index is 1.51. The lowest BCUT2D eigenvalue weighted by atomic mass is 9.69. The molecule has 5 nitrogen and oxygen atoms in total. The molecule has 1 aliphatic carbocycles. The molecule has 2 aromatic rings. The normalized spacial score (nSPS) is 23.6. The van der Waals surface area contributed by atoms with E-state index in [4.69, 9.17) is 4.74 Å². The summed E-state index contributed by atoms with van der Waals surface area (Å²) in [6, 6.07) is 9.32. The van der Waals surface area contributed by atoms with Crippen LogP contribution in [-0.4, -0.2) is 23.1 Å². The van der Waals surface area contributed by atoms with Gasteiger partial charge < -0.3 is 15.2 Å². The van der Waals surface area contributed by atoms with Crippen LogP contribution >= 0.6 is 0 Å². The second-order valence-electron chi connectivity index (χ2n) is 7.44. The van der Waals surface area contributed by atoms with Gasteiger partial charge in [-0.3, -0.25) is 4.79 Å². The van der Waals surface area contributed by atoms with Crippen molar-refractivity contribution in [1.82, 2.24) is 0 Å². The molecule has 2 aromatic carbocycles. The number of hydrogen-bond acceptors (Lipinski definition) is 3. The Morgan fingerprint density at radius 1 is 1.14 bits per heavy atom. The van der Waals surface area contributed by atoms with Crippen molar-refractivity contribution in [2.75, 3.05) is 5.32 Å². The molecule has 0 bridgehead atoms. The van der Waals surface area contributed by atoms with E-state index in [0.717, 1.165) is 12.1 Å². The third-order valence-corrected chi connectivity index (χ3v) is 5.72. The first-order valence-corrected chi connectivity index (χ1v) is 9.22. The van der Waals surface area contributed by atoms with Gasteiger partial charge in [-0.15, -0.1) is 0 Å². The highest BCUT2D eigenvalue weighted by Gasteiger charge is 2.49. The lowest BCUT2D eigenvalue weighted by Gasteiger charge is -2.35. The van der Waals surface area contributed by atoms with Crippen LogP contribution < -0.4 is 10.1 Å². The molecule has 1 amide bonds. The van der Waals surface area contributed by atoms with Crippen LogP contribution in [0, 0.1) is 0 Å². The molecule has 0 aromatic heterocycles. The van der Waals surface area contributed by atoms with Gasteiger partial charge in [-0.2, -0.15) is 13.2 Å². The Morgan fingerprint density at radius 3 is 2.52 bits per heavy atom. The number of halogens is 3. The molecule has 29 heavy (non-hydrogen) atoms. The van der Waals surface area contributed by atoms with Crippen molar-refractivity contribution in [1.29, 1.82) is 0 Å². The van der Waals surface area contributed by atoms with E-state index in [9.17, 15) is 27.9 Å². The monoisotopic (exact) mass is 405 g/mol. The molecule has 1 fully saturated rings. The number of fused-ring (bicyclic) bond motifs is 2. The molecule has 0 unspecified atom stereocenters. The minimum Gasteiger partial charge on any atom is -0.490 e. The van der Waals surface area contributed by atoms with Gasteiger partial charge in [0.1, 0.15) is 5.75 Å². The van der Waals surface area contributed by atoms with E-state index < -0.39 is 23.1 Å². The SMILES string of the molecule is O=C(O)c1ccc2c(c1)C1(CCC(Oc3cccc(C(F)(F)F)c3)CC1)C(=O)N2. The van der Waals surface area contributed by atoms with Crippen molar-refractivity contribution in [2.24, 2.45) is 0 Å². The lowest BCUT2D eigenvalue weighted by molar-refractivity contribution is -0.137. The van der Waals surface area contributed by atoms with Crippen LogP contribution in [0.1, 0.15) is 47.2 Å². The molecule has 152 valence electrons. The van der Waals surface area contributed by atoms with E-state index in [1.165, 1.54) is 24.3 Å². The fraction of sp³-hybridized carbons (Fsp3) is 0.333. The molecule has 0 radical (unpaired) electrons. The Labute approximate surface area is 164 Å². The molecule has 4 rings (SSSR count). The summed E-state index contributed by atoms with van der Waals surface area (Å²) in [6.07, 6.45) is -2.95. The largest absolute Gasteiger partial charge is 0.490 e. The summed E-state index contributed by atoms with van der Waals surface area (Å²) in [7, 11) is 0. The number of carbonyl (C=O) groups is 2. The zero-order valence-electron chi connectivity index (χ0n) is 15.3. The summed E-state index contributed by atoms with van der Waals surface area (Å²) in [5.41, 5.74) is -0.208. The van der Waals surface area contributed by atoms with Crippen molar-refractivity contribution >= 4 is 17.6 Å². The van der Waals surface area contributed by atoms with Gasteiger partial charge in [-0.05, 0) is 67.6 Å². The van der Waals surface area contributed by atoms with Gasteiger partial charge in [-0.1, -0.05) is 6.07 Å². The minimum absolute atomic E-state index is 0.113. The number of rotatable bonds is 3. The first kappa shape index (κ1) is 19.3. The second kappa shape index (κ2) is 6.79. The maximum Gasteiger partial charge on any atom is 0.416 e. The quantitative estimate of drug-likeness (QED) is 0.782. The minimum atomic E-state index is -4.44. The van der Waals surface area contributed by atoms with Gasteiger partial charge >= 0.3 is 12.1 Å². The van der Waals surface area contributed by atoms with Gasteiger partial charge in [-0.25, -0.2) is 4.79 Å². The average Bonchev–Trinajstić information content (AvgIpc) is 2.94. The standard InChI is InChI=1S/C21H18F3NO4/c22-21(23,24)13-2-1-3-15(11-13)29-14-6-8-20(9-7-14)16-10-12(18(26)27)4-5-17(16)25-19(20)28/h1-5,10-11,14H,6-9H2,(H,25,28)(H,26,27). The van der Waals surface area contributed by atoms with Crippen LogP contribution in [0.3, 0.4) is 0 Å². The van der Waals surface area contributed by atoms with Crippen molar-refractivity contribution in [2.45, 2.75) is 43.4 Å². The molecular weight excluding hydrogens is 387 g/mol. The molecule has 2 aliphatic rings. The highest BCUT2D eigenvalue weighted by atomic mass is 19.4. The number of nitrogens with one attached hydrogen (secondary N) is 1. The Morgan fingerprint density at radius 2 is 1.86 bits per heavy atom. The number of amides is 1. The molecule has 1 aliphatic heterocycles. The summed E-state index contributed by atoms with van der Waals surface area (Å²) in [5, 5.41) is 12.1. The van der Waals surface area contributed by atoms with E-state index >= 15 is 0 Å². The molecule has 1 heterocycles. The first-order valence-electron chi connectivity index (χ1n) is 9.22. The maximum absolute atomic E-state index is 12.9. The zero-order valence-corrected chi connectivity index (χ0v) is 15.3. The highest BCUT2D eigenvalue weighted by molar-refractivity contribution is 6.07. The Hall–Kier alpha value is -3.03. The lowest BCUT2D eigenvalue weighted by Crippen LogP contribution is -2.41. The zero-order chi connectivity index (χ0) is 20.8. The number of carboxylic acids is 1. The molecule has 0 saturated heterocycles. The maximum atomic E-state index is 12.9. The topological polar surface area (TPSA) is 75.6 Å². The smallest absolute Gasteiger partial charge is 0.416 e. The van der Waals surface area contributed by atoms with E-state index in [2.05, 4.69) is 5.32 Å². The van der Waals surface area contributed by atoms with Gasteiger partial charge in [0.05, 0.1) is 22.6 Å². The van der Waals surface area contributed by atoms with Crippen molar-refractivity contribution in [3.63, 3.8) is 0 Å². The fourth-order valence-corrected chi connectivity index (χ4v) is 4.18. The van der Waals surface area contributed by atoms with Crippen LogP contribution in [-0.2, 0) is 16.4 Å². The number of hydrogen-bond donors (Lipinski definition) is 2. The van der Waals surface area contributed by atoms with E-state index in [1.54, 1.807) is 6.07 Å². The molecule has 2 N–H and O–H groups in total. The summed E-state index contributed by atoms with van der Waals surface area (Å²) < 4.78 is 44.4. The Bertz CT molecular complexity index is 978. The fourth-order valence-electron chi connectivity index (χ4n) is 4.18. The van der Waals surface area contributed by atoms with E-state index in [-0.39, 0.29) is 23.3 Å². The molecule has 1 saturated carbocycles. The van der Waals surface area contributed by atoms with Crippen molar-refractivity contribution < 1.29 is 32.6 Å². The number of carboxylic acid groups (broad SMARTS) is 1. The highest BCUT2D eigenvalue weighted by Crippen LogP contribution is 2.48. The number of ether oxygens (including phenoxy) is 1. The number of aromatic carboxylic acids is 1. The van der Waals surface area contributed by atoms with Crippen molar-refractivity contribution in [3.8, 4) is 5.75 Å². The molecule has 8 heteroatoms. The van der Waals surface area contributed by atoms with Crippen LogP contribution in [0.4, 0.5) is 18.9 Å². The number of benzene rings is 2. The van der Waals surface area contributed by atoms with E-state index in [1.807, 2.05) is 0 Å². The summed E-state index contributed by atoms with van der Waals surface area (Å²) in [6.45, 7) is 0. The molecule has 1 spiro atoms. The number of alkyl halides is 3. The second-order valence-corrected chi connectivity index (χ2v) is 7.44. The predicted octanol–water partition coefficient (Wildman–Crippen LogP) is 4.62. The summed E-state index contributed by atoms with van der Waals surface area (Å²) >= 11 is 0. The van der Waals surface area contributed by atoms with Crippen LogP contribution in [0.25, 0.3) is 0 Å². The van der Waals surface area contributed by atoms with Crippen LogP contribution in [0.15, 0.2) is 42.5 Å². The number of anilines is 1. The van der Waals surface area contributed by atoms with Crippen LogP contribution in [0.5, 0.6) is 5.75 Å². The summed E-state index contributed by atoms with van der Waals surface area (Å²) in [5.74, 6) is -1.10. The third-order valence-electron chi connectivity index (χ3n) is 5.72. The van der Waals surface area contributed by atoms with Crippen LogP contribution in [0.2, 0.25) is 0 Å². The summed E-state index contributed by atoms with van der Waals surface area (Å²) in [4.78, 5) is 24.0. The predicted molar refractivity (Wildman–Crippen MR) is 98.0 cm³/mol. The Kier molecular flexibility index (Phi) is 4.52. The molecular formula is C21H18F3NO4. The van der Waals surface area contributed by atoms with Gasteiger partial charge in [0, 0.05) is 5.69 Å². The average molecular weight is 405 g/mol. The van der Waals surface area contributed by atoms with Gasteiger partial charge in [0.25, 0.3) is 0 Å². The number of carbonyl (C=O) groups excluding carboxylic acids is 1. The van der Waals surface area contributed by atoms with Gasteiger partial charge in [0.15, 0.2) is 0 Å². The van der Waals surface area contributed by atoms with Gasteiger partial charge in [0.2, 0.25) is 5.91 Å². The molecule has 0 atom stereocenters.